The van der Waals surface area contributed by atoms with Crippen LogP contribution >= 0.6 is 0 Å². The van der Waals surface area contributed by atoms with Gasteiger partial charge < -0.3 is 10.5 Å². The highest BCUT2D eigenvalue weighted by Gasteiger charge is 2.12. The van der Waals surface area contributed by atoms with E-state index >= 15 is 0 Å². The second kappa shape index (κ2) is 12.5. The van der Waals surface area contributed by atoms with Crippen molar-refractivity contribution in [3.63, 3.8) is 0 Å². The summed E-state index contributed by atoms with van der Waals surface area (Å²) in [5.74, 6) is 0.218. The molecule has 0 aromatic heterocycles. The molecule has 0 fully saturated rings. The number of ether oxygens (including phenoxy) is 1. The lowest BCUT2D eigenvalue weighted by Crippen LogP contribution is -2.30. The zero-order valence-corrected chi connectivity index (χ0v) is 11.6. The third-order valence-electron chi connectivity index (χ3n) is 2.23. The molecule has 16 heavy (non-hydrogen) atoms. The minimum absolute atomic E-state index is 0.290. The van der Waals surface area contributed by atoms with E-state index in [1.54, 1.807) is 6.92 Å². The van der Waals surface area contributed by atoms with Gasteiger partial charge in [-0.05, 0) is 25.7 Å². The van der Waals surface area contributed by atoms with Gasteiger partial charge in [-0.25, -0.2) is 0 Å². The van der Waals surface area contributed by atoms with Gasteiger partial charge >= 0.3 is 5.97 Å². The van der Waals surface area contributed by atoms with Crippen LogP contribution in [0.25, 0.3) is 0 Å². The molecule has 0 rings (SSSR count). The molecule has 0 amide bonds. The lowest BCUT2D eigenvalue weighted by molar-refractivity contribution is -0.146. The van der Waals surface area contributed by atoms with Gasteiger partial charge in [0.25, 0.3) is 0 Å². The van der Waals surface area contributed by atoms with Gasteiger partial charge in [0.15, 0.2) is 0 Å². The summed E-state index contributed by atoms with van der Waals surface area (Å²) in [7, 11) is 0. The molecule has 0 bridgehead atoms. The average molecular weight is 231 g/mol. The fraction of sp³-hybridized carbons (Fsp3) is 0.923. The number of nitrogens with two attached hydrogens (primary N) is 1. The predicted molar refractivity (Wildman–Crippen MR) is 69.3 cm³/mol. The highest BCUT2D eigenvalue weighted by atomic mass is 16.5. The summed E-state index contributed by atoms with van der Waals surface area (Å²) in [6.07, 6.45) is 4.53. The van der Waals surface area contributed by atoms with Crippen molar-refractivity contribution in [3.8, 4) is 0 Å². The first-order valence-corrected chi connectivity index (χ1v) is 6.54. The molecular weight excluding hydrogens is 202 g/mol. The quantitative estimate of drug-likeness (QED) is 0.685. The SMILES string of the molecule is CC.CCCC(CCC)COC(=O)[C@H](C)N. The summed E-state index contributed by atoms with van der Waals surface area (Å²) in [6, 6.07) is -0.501. The molecule has 0 aliphatic heterocycles. The third-order valence-corrected chi connectivity index (χ3v) is 2.23. The van der Waals surface area contributed by atoms with Gasteiger partial charge in [-0.2, -0.15) is 0 Å². The van der Waals surface area contributed by atoms with Crippen LogP contribution in [0.4, 0.5) is 0 Å². The monoisotopic (exact) mass is 231 g/mol. The number of hydrogen-bond donors (Lipinski definition) is 1. The van der Waals surface area contributed by atoms with Crippen LogP contribution in [0, 0.1) is 5.92 Å². The zero-order valence-electron chi connectivity index (χ0n) is 11.6. The van der Waals surface area contributed by atoms with Crippen LogP contribution in [0.15, 0.2) is 0 Å². The van der Waals surface area contributed by atoms with E-state index in [2.05, 4.69) is 13.8 Å². The van der Waals surface area contributed by atoms with Gasteiger partial charge in [-0.1, -0.05) is 40.5 Å². The maximum atomic E-state index is 11.1. The minimum Gasteiger partial charge on any atom is -0.464 e. The van der Waals surface area contributed by atoms with Crippen LogP contribution in [0.1, 0.15) is 60.3 Å². The number of esters is 1. The van der Waals surface area contributed by atoms with Crippen molar-refractivity contribution in [1.29, 1.82) is 0 Å². The maximum absolute atomic E-state index is 11.1. The summed E-state index contributed by atoms with van der Waals surface area (Å²) in [5, 5.41) is 0. The van der Waals surface area contributed by atoms with Gasteiger partial charge in [-0.15, -0.1) is 0 Å². The fourth-order valence-corrected chi connectivity index (χ4v) is 1.46. The van der Waals surface area contributed by atoms with Crippen LogP contribution in [0.2, 0.25) is 0 Å². The van der Waals surface area contributed by atoms with E-state index in [1.807, 2.05) is 13.8 Å². The maximum Gasteiger partial charge on any atom is 0.322 e. The molecule has 0 aromatic rings. The molecule has 0 aliphatic carbocycles. The van der Waals surface area contributed by atoms with Crippen molar-refractivity contribution < 1.29 is 9.53 Å². The van der Waals surface area contributed by atoms with Crippen molar-refractivity contribution in [2.45, 2.75) is 66.3 Å². The average Bonchev–Trinajstić information content (AvgIpc) is 2.28. The first-order chi connectivity index (χ1) is 7.61. The van der Waals surface area contributed by atoms with E-state index in [-0.39, 0.29) is 5.97 Å². The van der Waals surface area contributed by atoms with Gasteiger partial charge in [0.2, 0.25) is 0 Å². The normalized spacial score (nSPS) is 11.7. The molecule has 1 atom stereocenters. The van der Waals surface area contributed by atoms with Crippen molar-refractivity contribution in [1.82, 2.24) is 0 Å². The number of carbonyl (C=O) groups is 1. The molecule has 0 radical (unpaired) electrons. The van der Waals surface area contributed by atoms with Crippen LogP contribution in [-0.2, 0) is 9.53 Å². The second-order valence-electron chi connectivity index (χ2n) is 3.86. The number of rotatable bonds is 7. The van der Waals surface area contributed by atoms with E-state index in [1.165, 1.54) is 0 Å². The Balaban J connectivity index is 0. The molecule has 0 unspecified atom stereocenters. The summed E-state index contributed by atoms with van der Waals surface area (Å²) >= 11 is 0. The Hall–Kier alpha value is -0.570. The second-order valence-corrected chi connectivity index (χ2v) is 3.86. The highest BCUT2D eigenvalue weighted by Crippen LogP contribution is 2.13. The minimum atomic E-state index is -0.501. The summed E-state index contributed by atoms with van der Waals surface area (Å²) in [4.78, 5) is 11.1. The number of hydrogen-bond acceptors (Lipinski definition) is 3. The van der Waals surface area contributed by atoms with Crippen molar-refractivity contribution in [2.24, 2.45) is 11.7 Å². The van der Waals surface area contributed by atoms with Gasteiger partial charge in [0.1, 0.15) is 6.04 Å². The van der Waals surface area contributed by atoms with Crippen LogP contribution < -0.4 is 5.73 Å². The molecular formula is C13H29NO2. The molecule has 2 N–H and O–H groups in total. The lowest BCUT2D eigenvalue weighted by Gasteiger charge is -2.16. The zero-order chi connectivity index (χ0) is 13.0. The molecule has 0 aromatic carbocycles. The Kier molecular flexibility index (Phi) is 13.9. The van der Waals surface area contributed by atoms with Crippen LogP contribution in [-0.4, -0.2) is 18.6 Å². The first kappa shape index (κ1) is 17.8. The summed E-state index contributed by atoms with van der Waals surface area (Å²) in [5.41, 5.74) is 5.40. The Morgan fingerprint density at radius 2 is 1.62 bits per heavy atom. The number of carbonyl (C=O) groups excluding carboxylic acids is 1. The van der Waals surface area contributed by atoms with Crippen LogP contribution in [0.3, 0.4) is 0 Å². The predicted octanol–water partition coefficient (Wildman–Crippen LogP) is 3.12. The molecule has 0 heterocycles. The standard InChI is InChI=1S/C11H23NO2.C2H6/c1-4-6-10(7-5-2)8-14-11(13)9(3)12;1-2/h9-10H,4-8,12H2,1-3H3;1-2H3/t9-;/m0./s1. The largest absolute Gasteiger partial charge is 0.464 e. The molecule has 98 valence electrons. The Labute approximate surface area is 101 Å². The topological polar surface area (TPSA) is 52.3 Å². The summed E-state index contributed by atoms with van der Waals surface area (Å²) in [6.45, 7) is 10.5. The van der Waals surface area contributed by atoms with E-state index in [4.69, 9.17) is 10.5 Å². The van der Waals surface area contributed by atoms with Crippen LogP contribution in [0.5, 0.6) is 0 Å². The Bertz CT molecular complexity index is 152. The first-order valence-electron chi connectivity index (χ1n) is 6.54. The molecule has 0 aliphatic rings. The van der Waals surface area contributed by atoms with Gasteiger partial charge in [0, 0.05) is 0 Å². The fourth-order valence-electron chi connectivity index (χ4n) is 1.46. The van der Waals surface area contributed by atoms with Gasteiger partial charge in [0.05, 0.1) is 6.61 Å². The molecule has 0 saturated heterocycles. The van der Waals surface area contributed by atoms with Crippen molar-refractivity contribution in [2.75, 3.05) is 6.61 Å². The smallest absolute Gasteiger partial charge is 0.322 e. The molecule has 0 spiro atoms. The van der Waals surface area contributed by atoms with Crippen molar-refractivity contribution >= 4 is 5.97 Å². The van der Waals surface area contributed by atoms with E-state index in [0.29, 0.717) is 12.5 Å². The van der Waals surface area contributed by atoms with E-state index < -0.39 is 6.04 Å². The molecule has 3 nitrogen and oxygen atoms in total. The lowest BCUT2D eigenvalue weighted by atomic mass is 9.99. The molecule has 0 saturated carbocycles. The Morgan fingerprint density at radius 3 is 1.94 bits per heavy atom. The van der Waals surface area contributed by atoms with Crippen molar-refractivity contribution in [3.05, 3.63) is 0 Å². The van der Waals surface area contributed by atoms with Gasteiger partial charge in [-0.3, -0.25) is 4.79 Å². The Morgan fingerprint density at radius 1 is 1.19 bits per heavy atom. The third kappa shape index (κ3) is 9.97. The highest BCUT2D eigenvalue weighted by molar-refractivity contribution is 5.74. The summed E-state index contributed by atoms with van der Waals surface area (Å²) < 4.78 is 5.11. The molecule has 3 heteroatoms. The van der Waals surface area contributed by atoms with E-state index in [9.17, 15) is 4.79 Å². The van der Waals surface area contributed by atoms with E-state index in [0.717, 1.165) is 25.7 Å².